The number of ether oxygens (including phenoxy) is 1. The van der Waals surface area contributed by atoms with Gasteiger partial charge in [-0.3, -0.25) is 0 Å². The van der Waals surface area contributed by atoms with Crippen LogP contribution in [0.2, 0.25) is 0 Å². The topological polar surface area (TPSA) is 9.23 Å². The number of allylic oxidation sites excluding steroid dienone is 3. The minimum absolute atomic E-state index is 1.22. The van der Waals surface area contributed by atoms with E-state index in [2.05, 4.69) is 6.08 Å². The molecule has 0 aliphatic heterocycles. The molecule has 1 rings (SSSR count). The van der Waals surface area contributed by atoms with Gasteiger partial charge in [-0.25, -0.2) is 0 Å². The third kappa shape index (κ3) is 1.12. The second-order valence-corrected chi connectivity index (χ2v) is 1.86. The van der Waals surface area contributed by atoms with E-state index in [1.165, 1.54) is 18.4 Å². The molecule has 1 aliphatic carbocycles. The van der Waals surface area contributed by atoms with Gasteiger partial charge in [0.25, 0.3) is 0 Å². The van der Waals surface area contributed by atoms with Gasteiger partial charge < -0.3 is 4.74 Å². The van der Waals surface area contributed by atoms with Gasteiger partial charge in [-0.15, -0.1) is 0 Å². The molecule has 0 saturated carbocycles. The van der Waals surface area contributed by atoms with Crippen LogP contribution in [0.1, 0.15) is 12.8 Å². The molecular formula is C7H10O. The zero-order valence-electron chi connectivity index (χ0n) is 5.05. The average Bonchev–Trinajstić information content (AvgIpc) is 1.63. The lowest BCUT2D eigenvalue weighted by Crippen LogP contribution is -1.88. The summed E-state index contributed by atoms with van der Waals surface area (Å²) >= 11 is 0. The summed E-state index contributed by atoms with van der Waals surface area (Å²) in [5.74, 6) is 0. The van der Waals surface area contributed by atoms with Gasteiger partial charge in [0.05, 0.1) is 13.4 Å². The van der Waals surface area contributed by atoms with Gasteiger partial charge in [0.2, 0.25) is 0 Å². The molecule has 0 aromatic rings. The van der Waals surface area contributed by atoms with E-state index in [-0.39, 0.29) is 0 Å². The molecule has 0 N–H and O–H groups in total. The van der Waals surface area contributed by atoms with Crippen molar-refractivity contribution in [2.45, 2.75) is 12.8 Å². The predicted octanol–water partition coefficient (Wildman–Crippen LogP) is 1.87. The van der Waals surface area contributed by atoms with Crippen molar-refractivity contribution in [1.29, 1.82) is 0 Å². The Morgan fingerprint density at radius 2 is 2.50 bits per heavy atom. The van der Waals surface area contributed by atoms with Crippen LogP contribution < -0.4 is 0 Å². The molecule has 0 bridgehead atoms. The lowest BCUT2D eigenvalue weighted by molar-refractivity contribution is 0.337. The highest BCUT2D eigenvalue weighted by Crippen LogP contribution is 2.18. The van der Waals surface area contributed by atoms with Crippen molar-refractivity contribution in [2.24, 2.45) is 0 Å². The van der Waals surface area contributed by atoms with Crippen molar-refractivity contribution < 1.29 is 4.74 Å². The molecule has 1 heteroatoms. The maximum absolute atomic E-state index is 4.73. The van der Waals surface area contributed by atoms with Gasteiger partial charge in [-0.2, -0.15) is 0 Å². The molecule has 0 aromatic carbocycles. The Balaban J connectivity index is 2.28. The number of rotatable bonds is 2. The van der Waals surface area contributed by atoms with E-state index in [0.29, 0.717) is 0 Å². The molecule has 44 valence electrons. The molecule has 0 aromatic heterocycles. The first-order valence-electron chi connectivity index (χ1n) is 2.82. The standard InChI is InChI=1S/C7H10O/c1-8-6-5-7-3-2-4-7/h3,5-6H,2,4H2,1H3/b6-5+. The van der Waals surface area contributed by atoms with Crippen LogP contribution >= 0.6 is 0 Å². The molecule has 0 atom stereocenters. The summed E-state index contributed by atoms with van der Waals surface area (Å²) in [6.07, 6.45) is 8.38. The van der Waals surface area contributed by atoms with Gasteiger partial charge in [0, 0.05) is 0 Å². The predicted molar refractivity (Wildman–Crippen MR) is 33.5 cm³/mol. The van der Waals surface area contributed by atoms with Gasteiger partial charge in [-0.1, -0.05) is 6.08 Å². The van der Waals surface area contributed by atoms with Crippen molar-refractivity contribution in [3.63, 3.8) is 0 Å². The first-order chi connectivity index (χ1) is 3.93. The van der Waals surface area contributed by atoms with Crippen LogP contribution in [0.15, 0.2) is 24.0 Å². The molecule has 1 aliphatic rings. The van der Waals surface area contributed by atoms with Crippen LogP contribution in [0.25, 0.3) is 0 Å². The zero-order chi connectivity index (χ0) is 5.82. The first kappa shape index (κ1) is 5.42. The van der Waals surface area contributed by atoms with Crippen molar-refractivity contribution in [1.82, 2.24) is 0 Å². The van der Waals surface area contributed by atoms with E-state index in [1.807, 2.05) is 6.08 Å². The lowest BCUT2D eigenvalue weighted by Gasteiger charge is -2.07. The van der Waals surface area contributed by atoms with E-state index in [4.69, 9.17) is 4.74 Å². The summed E-state index contributed by atoms with van der Waals surface area (Å²) in [5, 5.41) is 0. The first-order valence-corrected chi connectivity index (χ1v) is 2.82. The Hall–Kier alpha value is -0.720. The third-order valence-electron chi connectivity index (χ3n) is 1.26. The molecule has 0 amide bonds. The normalized spacial score (nSPS) is 17.9. The number of hydrogen-bond donors (Lipinski definition) is 0. The number of hydrogen-bond acceptors (Lipinski definition) is 1. The van der Waals surface area contributed by atoms with Crippen molar-refractivity contribution in [2.75, 3.05) is 7.11 Å². The zero-order valence-corrected chi connectivity index (χ0v) is 5.05. The fourth-order valence-electron chi connectivity index (χ4n) is 0.618. The monoisotopic (exact) mass is 110 g/mol. The van der Waals surface area contributed by atoms with Crippen molar-refractivity contribution in [3.8, 4) is 0 Å². The summed E-state index contributed by atoms with van der Waals surface area (Å²) in [6, 6.07) is 0. The van der Waals surface area contributed by atoms with Gasteiger partial charge in [-0.05, 0) is 24.5 Å². The van der Waals surface area contributed by atoms with E-state index < -0.39 is 0 Å². The average molecular weight is 110 g/mol. The quantitative estimate of drug-likeness (QED) is 0.493. The summed E-state index contributed by atoms with van der Waals surface area (Å²) in [5.41, 5.74) is 1.40. The highest BCUT2D eigenvalue weighted by molar-refractivity contribution is 5.24. The summed E-state index contributed by atoms with van der Waals surface area (Å²) < 4.78 is 4.73. The highest BCUT2D eigenvalue weighted by atomic mass is 16.5. The molecule has 0 heterocycles. The highest BCUT2D eigenvalue weighted by Gasteiger charge is 1.99. The van der Waals surface area contributed by atoms with Gasteiger partial charge in [0.15, 0.2) is 0 Å². The summed E-state index contributed by atoms with van der Waals surface area (Å²) in [6.45, 7) is 0. The van der Waals surface area contributed by atoms with E-state index in [0.717, 1.165) is 0 Å². The van der Waals surface area contributed by atoms with Gasteiger partial charge in [0.1, 0.15) is 0 Å². The Labute approximate surface area is 49.7 Å². The number of methoxy groups -OCH3 is 1. The molecular weight excluding hydrogens is 100 g/mol. The fourth-order valence-corrected chi connectivity index (χ4v) is 0.618. The van der Waals surface area contributed by atoms with Crippen LogP contribution in [0.5, 0.6) is 0 Å². The largest absolute Gasteiger partial charge is 0.504 e. The third-order valence-corrected chi connectivity index (χ3v) is 1.26. The Morgan fingerprint density at radius 1 is 1.75 bits per heavy atom. The van der Waals surface area contributed by atoms with E-state index >= 15 is 0 Å². The Kier molecular flexibility index (Phi) is 1.73. The van der Waals surface area contributed by atoms with Crippen LogP contribution in [-0.2, 0) is 4.74 Å². The maximum Gasteiger partial charge on any atom is 0.0827 e. The van der Waals surface area contributed by atoms with E-state index in [1.54, 1.807) is 13.4 Å². The summed E-state index contributed by atoms with van der Waals surface area (Å²) in [4.78, 5) is 0. The smallest absolute Gasteiger partial charge is 0.0827 e. The molecule has 8 heavy (non-hydrogen) atoms. The van der Waals surface area contributed by atoms with Crippen LogP contribution in [0.3, 0.4) is 0 Å². The molecule has 0 saturated heterocycles. The molecule has 0 radical (unpaired) electrons. The second kappa shape index (κ2) is 2.55. The summed E-state index contributed by atoms with van der Waals surface area (Å²) in [7, 11) is 1.66. The second-order valence-electron chi connectivity index (χ2n) is 1.86. The Morgan fingerprint density at radius 3 is 2.88 bits per heavy atom. The SMILES string of the molecule is CO/C=C/C1=CCC1. The van der Waals surface area contributed by atoms with Crippen molar-refractivity contribution >= 4 is 0 Å². The minimum Gasteiger partial charge on any atom is -0.504 e. The Bertz CT molecular complexity index is 122. The van der Waals surface area contributed by atoms with Crippen LogP contribution in [0.4, 0.5) is 0 Å². The maximum atomic E-state index is 4.73. The molecule has 0 unspecified atom stereocenters. The van der Waals surface area contributed by atoms with Crippen molar-refractivity contribution in [3.05, 3.63) is 24.0 Å². The molecule has 0 fully saturated rings. The molecule has 1 nitrogen and oxygen atoms in total. The molecule has 0 spiro atoms. The van der Waals surface area contributed by atoms with Crippen LogP contribution in [-0.4, -0.2) is 7.11 Å². The fraction of sp³-hybridized carbons (Fsp3) is 0.429. The lowest BCUT2D eigenvalue weighted by atomic mass is 10.00. The minimum atomic E-state index is 1.22. The van der Waals surface area contributed by atoms with Gasteiger partial charge >= 0.3 is 0 Å². The van der Waals surface area contributed by atoms with E-state index in [9.17, 15) is 0 Å². The van der Waals surface area contributed by atoms with Crippen LogP contribution in [0, 0.1) is 0 Å².